The largest absolute Gasteiger partial charge is 0.480 e. The van der Waals surface area contributed by atoms with E-state index in [-0.39, 0.29) is 13.0 Å². The standard InChI is InChI=1S/C28H35FN6O3/c1-34-24-16-20(5-6-21(24)17-31-34)26(36)33-23(27(37)38)10-15-35-14-3-11-28(29,18-35)12-9-22-8-7-19-4-2-13-30-25(19)32-22/h5-8,16-17,23H,2-4,9-15,18H2,1H3,(H,30,32)(H,33,36)(H,37,38)/t23?,28-/m0/s1. The summed E-state index contributed by atoms with van der Waals surface area (Å²) in [5, 5.41) is 20.8. The third-order valence-corrected chi connectivity index (χ3v) is 7.74. The fourth-order valence-corrected chi connectivity index (χ4v) is 5.53. The summed E-state index contributed by atoms with van der Waals surface area (Å²) in [7, 11) is 1.79. The summed E-state index contributed by atoms with van der Waals surface area (Å²) in [6, 6.07) is 8.18. The van der Waals surface area contributed by atoms with E-state index in [1.54, 1.807) is 36.1 Å². The topological polar surface area (TPSA) is 112 Å². The second kappa shape index (κ2) is 11.1. The molecule has 1 fully saturated rings. The van der Waals surface area contributed by atoms with Crippen molar-refractivity contribution in [2.45, 2.75) is 56.7 Å². The van der Waals surface area contributed by atoms with Crippen LogP contribution in [0.4, 0.5) is 10.2 Å². The fraction of sp³-hybridized carbons (Fsp3) is 0.500. The maximum Gasteiger partial charge on any atom is 0.326 e. The van der Waals surface area contributed by atoms with Gasteiger partial charge < -0.3 is 20.6 Å². The van der Waals surface area contributed by atoms with Gasteiger partial charge in [-0.05, 0) is 75.3 Å². The first-order valence-electron chi connectivity index (χ1n) is 13.4. The molecule has 5 rings (SSSR count). The summed E-state index contributed by atoms with van der Waals surface area (Å²) in [5.41, 5.74) is 1.93. The first-order chi connectivity index (χ1) is 18.3. The highest BCUT2D eigenvalue weighted by atomic mass is 19.1. The number of piperidine rings is 1. The van der Waals surface area contributed by atoms with Crippen molar-refractivity contribution in [2.75, 3.05) is 31.5 Å². The number of rotatable bonds is 9. The Morgan fingerprint density at radius 1 is 1.26 bits per heavy atom. The number of fused-ring (bicyclic) bond motifs is 2. The van der Waals surface area contributed by atoms with Crippen molar-refractivity contribution >= 4 is 28.6 Å². The highest BCUT2D eigenvalue weighted by Gasteiger charge is 2.35. The minimum Gasteiger partial charge on any atom is -0.480 e. The molecule has 4 heterocycles. The fourth-order valence-electron chi connectivity index (χ4n) is 5.53. The summed E-state index contributed by atoms with van der Waals surface area (Å²) in [5.74, 6) is -0.629. The zero-order chi connectivity index (χ0) is 26.7. The van der Waals surface area contributed by atoms with Gasteiger partial charge in [0.15, 0.2) is 0 Å². The maximum absolute atomic E-state index is 15.8. The van der Waals surface area contributed by atoms with Crippen molar-refractivity contribution in [3.8, 4) is 0 Å². The van der Waals surface area contributed by atoms with Crippen LogP contribution in [0.2, 0.25) is 0 Å². The minimum absolute atomic E-state index is 0.198. The summed E-state index contributed by atoms with van der Waals surface area (Å²) >= 11 is 0. The molecule has 1 aromatic carbocycles. The number of aromatic nitrogens is 3. The number of hydrogen-bond acceptors (Lipinski definition) is 6. The van der Waals surface area contributed by atoms with Gasteiger partial charge in [-0.15, -0.1) is 0 Å². The lowest BCUT2D eigenvalue weighted by Crippen LogP contribution is -2.48. The zero-order valence-electron chi connectivity index (χ0n) is 21.8. The second-order valence-corrected chi connectivity index (χ2v) is 10.6. The van der Waals surface area contributed by atoms with Crippen molar-refractivity contribution in [1.82, 2.24) is 25.0 Å². The Morgan fingerprint density at radius 2 is 2.13 bits per heavy atom. The molecule has 0 saturated carbocycles. The molecule has 2 atom stereocenters. The number of benzene rings is 1. The van der Waals surface area contributed by atoms with Gasteiger partial charge in [0.05, 0.1) is 11.7 Å². The predicted octanol–water partition coefficient (Wildman–Crippen LogP) is 3.34. The lowest BCUT2D eigenvalue weighted by atomic mass is 9.89. The number of nitrogens with zero attached hydrogens (tertiary/aromatic N) is 4. The Morgan fingerprint density at radius 3 is 2.97 bits per heavy atom. The van der Waals surface area contributed by atoms with Crippen LogP contribution in [-0.2, 0) is 24.7 Å². The van der Waals surface area contributed by atoms with E-state index >= 15 is 4.39 Å². The average Bonchev–Trinajstić information content (AvgIpc) is 3.29. The van der Waals surface area contributed by atoms with Gasteiger partial charge in [-0.1, -0.05) is 12.1 Å². The van der Waals surface area contributed by atoms with Crippen molar-refractivity contribution in [2.24, 2.45) is 7.05 Å². The molecule has 3 N–H and O–H groups in total. The molecule has 0 bridgehead atoms. The second-order valence-electron chi connectivity index (χ2n) is 10.6. The normalized spacial score (nSPS) is 20.5. The lowest BCUT2D eigenvalue weighted by molar-refractivity contribution is -0.139. The van der Waals surface area contributed by atoms with Crippen LogP contribution >= 0.6 is 0 Å². The summed E-state index contributed by atoms with van der Waals surface area (Å²) in [6.07, 6.45) is 6.18. The molecular formula is C28H35FN6O3. The van der Waals surface area contributed by atoms with Gasteiger partial charge in [0, 0.05) is 43.3 Å². The van der Waals surface area contributed by atoms with Crippen LogP contribution in [0.5, 0.6) is 0 Å². The lowest BCUT2D eigenvalue weighted by Gasteiger charge is -2.38. The number of aryl methyl sites for hydroxylation is 3. The Bertz CT molecular complexity index is 1330. The van der Waals surface area contributed by atoms with Crippen LogP contribution in [0.15, 0.2) is 36.5 Å². The quantitative estimate of drug-likeness (QED) is 0.395. The van der Waals surface area contributed by atoms with E-state index in [1.807, 2.05) is 11.0 Å². The van der Waals surface area contributed by atoms with E-state index < -0.39 is 23.6 Å². The molecule has 2 aliphatic rings. The third-order valence-electron chi connectivity index (χ3n) is 7.74. The molecular weight excluding hydrogens is 487 g/mol. The number of nitrogens with one attached hydrogen (secondary N) is 2. The Balaban J connectivity index is 1.15. The van der Waals surface area contributed by atoms with Crippen LogP contribution in [-0.4, -0.2) is 74.5 Å². The number of pyridine rings is 1. The summed E-state index contributed by atoms with van der Waals surface area (Å²) in [6.45, 7) is 2.28. The van der Waals surface area contributed by atoms with Crippen molar-refractivity contribution < 1.29 is 19.1 Å². The number of carbonyl (C=O) groups is 2. The van der Waals surface area contributed by atoms with Crippen LogP contribution in [0.25, 0.3) is 10.9 Å². The summed E-state index contributed by atoms with van der Waals surface area (Å²) < 4.78 is 17.5. The van der Waals surface area contributed by atoms with Gasteiger partial charge in [-0.25, -0.2) is 14.2 Å². The van der Waals surface area contributed by atoms with Crippen LogP contribution < -0.4 is 10.6 Å². The van der Waals surface area contributed by atoms with E-state index in [0.29, 0.717) is 44.3 Å². The highest BCUT2D eigenvalue weighted by Crippen LogP contribution is 2.31. The number of hydrogen-bond donors (Lipinski definition) is 3. The van der Waals surface area contributed by atoms with E-state index in [9.17, 15) is 14.7 Å². The van der Waals surface area contributed by atoms with Crippen molar-refractivity contribution in [1.29, 1.82) is 0 Å². The molecule has 38 heavy (non-hydrogen) atoms. The van der Waals surface area contributed by atoms with E-state index in [2.05, 4.69) is 21.8 Å². The van der Waals surface area contributed by atoms with E-state index in [4.69, 9.17) is 4.98 Å². The molecule has 1 saturated heterocycles. The number of anilines is 1. The smallest absolute Gasteiger partial charge is 0.326 e. The Hall–Kier alpha value is -3.53. The van der Waals surface area contributed by atoms with Gasteiger partial charge >= 0.3 is 5.97 Å². The average molecular weight is 523 g/mol. The monoisotopic (exact) mass is 522 g/mol. The molecule has 1 amide bonds. The maximum atomic E-state index is 15.8. The molecule has 0 aliphatic carbocycles. The number of halogens is 1. The number of carboxylic acid groups (broad SMARTS) is 1. The van der Waals surface area contributed by atoms with Crippen LogP contribution in [0.3, 0.4) is 0 Å². The van der Waals surface area contributed by atoms with Gasteiger partial charge in [0.1, 0.15) is 17.5 Å². The first-order valence-corrected chi connectivity index (χ1v) is 13.4. The molecule has 10 heteroatoms. The highest BCUT2D eigenvalue weighted by molar-refractivity contribution is 5.99. The van der Waals surface area contributed by atoms with Gasteiger partial charge in [-0.3, -0.25) is 9.48 Å². The van der Waals surface area contributed by atoms with E-state index in [0.717, 1.165) is 41.8 Å². The van der Waals surface area contributed by atoms with Gasteiger partial charge in [0.25, 0.3) is 5.91 Å². The SMILES string of the molecule is Cn1ncc2ccc(C(=O)NC(CCN3CCC[C@](F)(CCc4ccc5c(n4)NCCC5)C3)C(=O)O)cc21. The number of carboxylic acids is 1. The van der Waals surface area contributed by atoms with Gasteiger partial charge in [0.2, 0.25) is 0 Å². The Kier molecular flexibility index (Phi) is 7.60. The van der Waals surface area contributed by atoms with E-state index in [1.165, 1.54) is 5.56 Å². The number of aliphatic carboxylic acids is 1. The molecule has 1 unspecified atom stereocenters. The molecule has 3 aromatic rings. The van der Waals surface area contributed by atoms with Crippen LogP contribution in [0, 0.1) is 0 Å². The molecule has 2 aromatic heterocycles. The first kappa shape index (κ1) is 26.1. The molecule has 202 valence electrons. The van der Waals surface area contributed by atoms with Crippen molar-refractivity contribution in [3.05, 3.63) is 53.3 Å². The zero-order valence-corrected chi connectivity index (χ0v) is 21.8. The van der Waals surface area contributed by atoms with Gasteiger partial charge in [-0.2, -0.15) is 5.10 Å². The minimum atomic E-state index is -1.34. The molecule has 2 aliphatic heterocycles. The predicted molar refractivity (Wildman–Crippen MR) is 143 cm³/mol. The summed E-state index contributed by atoms with van der Waals surface area (Å²) in [4.78, 5) is 31.4. The molecule has 9 nitrogen and oxygen atoms in total. The molecule has 0 spiro atoms. The van der Waals surface area contributed by atoms with Crippen LogP contribution in [0.1, 0.15) is 53.7 Å². The third kappa shape index (κ3) is 5.96. The Labute approximate surface area is 221 Å². The molecule has 0 radical (unpaired) electrons. The number of likely N-dealkylation sites (tertiary alicyclic amines) is 1. The number of alkyl halides is 1. The number of amides is 1. The number of carbonyl (C=O) groups excluding carboxylic acids is 1. The van der Waals surface area contributed by atoms with Crippen molar-refractivity contribution in [3.63, 3.8) is 0 Å².